The van der Waals surface area contributed by atoms with Crippen LogP contribution >= 0.6 is 0 Å². The normalized spacial score (nSPS) is 16.5. The Kier molecular flexibility index (Phi) is 5.14. The van der Waals surface area contributed by atoms with Crippen LogP contribution in [0.2, 0.25) is 0 Å². The zero-order valence-electron chi connectivity index (χ0n) is 14.1. The third-order valence-electron chi connectivity index (χ3n) is 4.34. The SMILES string of the molecule is Cc1ccccc1-c1nc(C#N)c(NC[C@@H](C)N2CCOCC2)o1. The molecule has 0 unspecified atom stereocenters. The van der Waals surface area contributed by atoms with Crippen molar-refractivity contribution < 1.29 is 9.15 Å². The molecule has 0 aliphatic carbocycles. The summed E-state index contributed by atoms with van der Waals surface area (Å²) in [5.74, 6) is 0.919. The standard InChI is InChI=1S/C18H22N4O2/c1-13-5-3-4-6-15(13)17-21-16(11-19)18(24-17)20-12-14(2)22-7-9-23-10-8-22/h3-6,14,20H,7-10,12H2,1-2H3/t14-/m1/s1. The highest BCUT2D eigenvalue weighted by atomic mass is 16.5. The van der Waals surface area contributed by atoms with Crippen molar-refractivity contribution in [3.8, 4) is 17.5 Å². The Morgan fingerprint density at radius 3 is 2.79 bits per heavy atom. The van der Waals surface area contributed by atoms with Gasteiger partial charge in [-0.3, -0.25) is 4.90 Å². The number of rotatable bonds is 5. The maximum absolute atomic E-state index is 9.32. The van der Waals surface area contributed by atoms with Crippen LogP contribution in [-0.2, 0) is 4.74 Å². The average Bonchev–Trinajstić information content (AvgIpc) is 3.04. The molecular formula is C18H22N4O2. The van der Waals surface area contributed by atoms with Gasteiger partial charge in [-0.05, 0) is 25.5 Å². The number of ether oxygens (including phenoxy) is 1. The van der Waals surface area contributed by atoms with Gasteiger partial charge in [0.1, 0.15) is 6.07 Å². The van der Waals surface area contributed by atoms with Crippen molar-refractivity contribution in [2.75, 3.05) is 38.2 Å². The van der Waals surface area contributed by atoms with Crippen molar-refractivity contribution >= 4 is 5.88 Å². The fourth-order valence-corrected chi connectivity index (χ4v) is 2.83. The summed E-state index contributed by atoms with van der Waals surface area (Å²) in [6.07, 6.45) is 0. The molecule has 1 aliphatic rings. The lowest BCUT2D eigenvalue weighted by Crippen LogP contribution is -2.45. The summed E-state index contributed by atoms with van der Waals surface area (Å²) in [6, 6.07) is 10.3. The molecule has 1 N–H and O–H groups in total. The van der Waals surface area contributed by atoms with Crippen molar-refractivity contribution in [3.05, 3.63) is 35.5 Å². The average molecular weight is 326 g/mol. The van der Waals surface area contributed by atoms with Crippen LogP contribution in [0.5, 0.6) is 0 Å². The highest BCUT2D eigenvalue weighted by molar-refractivity contribution is 5.62. The zero-order chi connectivity index (χ0) is 16.9. The monoisotopic (exact) mass is 326 g/mol. The van der Waals surface area contributed by atoms with E-state index in [-0.39, 0.29) is 0 Å². The molecule has 126 valence electrons. The van der Waals surface area contributed by atoms with Crippen molar-refractivity contribution in [2.45, 2.75) is 19.9 Å². The van der Waals surface area contributed by atoms with Gasteiger partial charge in [-0.15, -0.1) is 0 Å². The first-order valence-corrected chi connectivity index (χ1v) is 8.21. The molecule has 1 aromatic carbocycles. The van der Waals surface area contributed by atoms with Crippen molar-refractivity contribution in [1.29, 1.82) is 5.26 Å². The van der Waals surface area contributed by atoms with Crippen molar-refractivity contribution in [1.82, 2.24) is 9.88 Å². The molecule has 2 aromatic rings. The van der Waals surface area contributed by atoms with Gasteiger partial charge in [0.05, 0.1) is 13.2 Å². The Morgan fingerprint density at radius 1 is 1.33 bits per heavy atom. The smallest absolute Gasteiger partial charge is 0.232 e. The first-order valence-electron chi connectivity index (χ1n) is 8.21. The summed E-state index contributed by atoms with van der Waals surface area (Å²) in [4.78, 5) is 6.69. The number of aryl methyl sites for hydroxylation is 1. The van der Waals surface area contributed by atoms with Crippen LogP contribution in [0.25, 0.3) is 11.5 Å². The maximum atomic E-state index is 9.32. The molecule has 0 saturated carbocycles. The number of hydrogen-bond donors (Lipinski definition) is 1. The Labute approximate surface area is 142 Å². The molecule has 0 amide bonds. The van der Waals surface area contributed by atoms with Crippen molar-refractivity contribution in [3.63, 3.8) is 0 Å². The topological polar surface area (TPSA) is 74.3 Å². The molecule has 1 saturated heterocycles. The van der Waals surface area contributed by atoms with E-state index in [2.05, 4.69) is 28.2 Å². The third-order valence-corrected chi connectivity index (χ3v) is 4.34. The van der Waals surface area contributed by atoms with Gasteiger partial charge in [-0.1, -0.05) is 18.2 Å². The summed E-state index contributed by atoms with van der Waals surface area (Å²) in [7, 11) is 0. The van der Waals surface area contributed by atoms with E-state index in [4.69, 9.17) is 9.15 Å². The number of anilines is 1. The summed E-state index contributed by atoms with van der Waals surface area (Å²) in [6.45, 7) is 8.25. The lowest BCUT2D eigenvalue weighted by Gasteiger charge is -2.32. The molecular weight excluding hydrogens is 304 g/mol. The largest absolute Gasteiger partial charge is 0.419 e. The number of aromatic nitrogens is 1. The van der Waals surface area contributed by atoms with Crippen LogP contribution < -0.4 is 5.32 Å². The minimum absolute atomic E-state index is 0.294. The molecule has 1 aromatic heterocycles. The van der Waals surface area contributed by atoms with Crippen LogP contribution in [-0.4, -0.2) is 48.8 Å². The molecule has 2 heterocycles. The number of benzene rings is 1. The highest BCUT2D eigenvalue weighted by Gasteiger charge is 2.19. The molecule has 6 heteroatoms. The van der Waals surface area contributed by atoms with Crippen LogP contribution in [0.15, 0.2) is 28.7 Å². The zero-order valence-corrected chi connectivity index (χ0v) is 14.1. The number of nitriles is 1. The molecule has 6 nitrogen and oxygen atoms in total. The molecule has 0 spiro atoms. The lowest BCUT2D eigenvalue weighted by molar-refractivity contribution is 0.0226. The van der Waals surface area contributed by atoms with Gasteiger partial charge >= 0.3 is 0 Å². The molecule has 0 bridgehead atoms. The fraction of sp³-hybridized carbons (Fsp3) is 0.444. The van der Waals surface area contributed by atoms with E-state index in [1.165, 1.54) is 0 Å². The predicted octanol–water partition coefficient (Wildman–Crippen LogP) is 2.65. The number of oxazole rings is 1. The van der Waals surface area contributed by atoms with Gasteiger partial charge in [0.25, 0.3) is 0 Å². The molecule has 0 radical (unpaired) electrons. The maximum Gasteiger partial charge on any atom is 0.232 e. The van der Waals surface area contributed by atoms with Crippen LogP contribution in [0.4, 0.5) is 5.88 Å². The molecule has 1 aliphatic heterocycles. The highest BCUT2D eigenvalue weighted by Crippen LogP contribution is 2.27. The molecule has 3 rings (SSSR count). The fourth-order valence-electron chi connectivity index (χ4n) is 2.83. The minimum atomic E-state index is 0.294. The number of nitrogens with zero attached hydrogens (tertiary/aromatic N) is 3. The van der Waals surface area contributed by atoms with Gasteiger partial charge in [0.2, 0.25) is 17.5 Å². The van der Waals surface area contributed by atoms with E-state index in [1.54, 1.807) is 0 Å². The molecule has 1 atom stereocenters. The summed E-state index contributed by atoms with van der Waals surface area (Å²) >= 11 is 0. The van der Waals surface area contributed by atoms with E-state index >= 15 is 0 Å². The summed E-state index contributed by atoms with van der Waals surface area (Å²) < 4.78 is 11.2. The van der Waals surface area contributed by atoms with Gasteiger partial charge in [-0.2, -0.15) is 10.2 Å². The Hall–Kier alpha value is -2.36. The third kappa shape index (κ3) is 3.58. The number of nitrogens with one attached hydrogen (secondary N) is 1. The van der Waals surface area contributed by atoms with Crippen LogP contribution in [0.1, 0.15) is 18.2 Å². The second-order valence-corrected chi connectivity index (χ2v) is 6.00. The van der Waals surface area contributed by atoms with Gasteiger partial charge < -0.3 is 14.5 Å². The minimum Gasteiger partial charge on any atom is -0.419 e. The van der Waals surface area contributed by atoms with Crippen LogP contribution in [0.3, 0.4) is 0 Å². The Bertz CT molecular complexity index is 729. The van der Waals surface area contributed by atoms with Crippen LogP contribution in [0, 0.1) is 18.3 Å². The Morgan fingerprint density at radius 2 is 2.08 bits per heavy atom. The van der Waals surface area contributed by atoms with E-state index in [1.807, 2.05) is 31.2 Å². The van der Waals surface area contributed by atoms with Gasteiger partial charge in [0.15, 0.2) is 0 Å². The second-order valence-electron chi connectivity index (χ2n) is 6.00. The number of hydrogen-bond acceptors (Lipinski definition) is 6. The van der Waals surface area contributed by atoms with E-state index in [9.17, 15) is 5.26 Å². The van der Waals surface area contributed by atoms with Crippen molar-refractivity contribution in [2.24, 2.45) is 0 Å². The van der Waals surface area contributed by atoms with Gasteiger partial charge in [-0.25, -0.2) is 0 Å². The van der Waals surface area contributed by atoms with E-state index in [0.29, 0.717) is 30.1 Å². The Balaban J connectivity index is 1.72. The van der Waals surface area contributed by atoms with Gasteiger partial charge in [0, 0.05) is 31.2 Å². The second kappa shape index (κ2) is 7.47. The van der Waals surface area contributed by atoms with E-state index in [0.717, 1.165) is 37.4 Å². The number of morpholine rings is 1. The van der Waals surface area contributed by atoms with E-state index < -0.39 is 0 Å². The molecule has 1 fully saturated rings. The first kappa shape index (κ1) is 16.5. The predicted molar refractivity (Wildman–Crippen MR) is 91.7 cm³/mol. The summed E-state index contributed by atoms with van der Waals surface area (Å²) in [5, 5.41) is 12.6. The molecule has 24 heavy (non-hydrogen) atoms. The quantitative estimate of drug-likeness (QED) is 0.910. The summed E-state index contributed by atoms with van der Waals surface area (Å²) in [5.41, 5.74) is 2.27. The first-order chi connectivity index (χ1) is 11.7. The lowest BCUT2D eigenvalue weighted by atomic mass is 10.1.